The summed E-state index contributed by atoms with van der Waals surface area (Å²) >= 11 is 0. The van der Waals surface area contributed by atoms with E-state index < -0.39 is 53.2 Å². The topological polar surface area (TPSA) is 108 Å². The van der Waals surface area contributed by atoms with Crippen LogP contribution >= 0.6 is 0 Å². The predicted octanol–water partition coefficient (Wildman–Crippen LogP) is 4.85. The van der Waals surface area contributed by atoms with Gasteiger partial charge in [0.1, 0.15) is 6.10 Å². The van der Waals surface area contributed by atoms with Gasteiger partial charge in [0.2, 0.25) is 5.78 Å². The van der Waals surface area contributed by atoms with Crippen molar-refractivity contribution in [1.82, 2.24) is 0 Å². The number of benzene rings is 1. The first kappa shape index (κ1) is 29.2. The first-order valence-corrected chi connectivity index (χ1v) is 14.5. The summed E-state index contributed by atoms with van der Waals surface area (Å²) in [4.78, 5) is 52.2. The largest absolute Gasteiger partial charge is 0.465 e. The molecule has 1 aromatic rings. The van der Waals surface area contributed by atoms with Crippen LogP contribution in [-0.4, -0.2) is 53.7 Å². The molecule has 1 aliphatic heterocycles. The Kier molecular flexibility index (Phi) is 7.51. The van der Waals surface area contributed by atoms with Gasteiger partial charge in [0.15, 0.2) is 5.60 Å². The number of fused-ring (bicyclic) bond motifs is 4. The Hall–Kier alpha value is -3.26. The lowest BCUT2D eigenvalue weighted by atomic mass is 9.77. The van der Waals surface area contributed by atoms with Crippen molar-refractivity contribution in [3.63, 3.8) is 0 Å². The summed E-state index contributed by atoms with van der Waals surface area (Å²) in [5.74, 6) is -2.75. The summed E-state index contributed by atoms with van der Waals surface area (Å²) in [7, 11) is 0. The van der Waals surface area contributed by atoms with Crippen molar-refractivity contribution in [2.24, 2.45) is 29.1 Å². The minimum absolute atomic E-state index is 0.0330. The summed E-state index contributed by atoms with van der Waals surface area (Å²) in [5.41, 5.74) is -0.879. The minimum atomic E-state index is -1.68. The molecule has 3 aliphatic carbocycles. The van der Waals surface area contributed by atoms with E-state index >= 15 is 0 Å². The molecule has 8 heteroatoms. The highest BCUT2D eigenvalue weighted by atomic mass is 16.6. The van der Waals surface area contributed by atoms with Crippen molar-refractivity contribution >= 4 is 29.8 Å². The van der Waals surface area contributed by atoms with Crippen LogP contribution in [0.4, 0.5) is 0 Å². The van der Waals surface area contributed by atoms with Gasteiger partial charge in [-0.1, -0.05) is 50.3 Å². The Morgan fingerprint density at radius 1 is 1.07 bits per heavy atom. The zero-order chi connectivity index (χ0) is 29.7. The van der Waals surface area contributed by atoms with Crippen LogP contribution in [0.2, 0.25) is 0 Å². The maximum Gasteiger partial charge on any atom is 0.331 e. The molecule has 8 atom stereocenters. The van der Waals surface area contributed by atoms with Gasteiger partial charge in [-0.3, -0.25) is 14.4 Å². The fraction of sp³-hybridized carbons (Fsp3) is 0.576. The molecule has 41 heavy (non-hydrogen) atoms. The number of hydrogen-bond donors (Lipinski definition) is 0. The number of hydrogen-bond acceptors (Lipinski definition) is 8. The molecule has 5 rings (SSSR count). The summed E-state index contributed by atoms with van der Waals surface area (Å²) in [6.07, 6.45) is 5.35. The molecule has 3 fully saturated rings. The zero-order valence-electron chi connectivity index (χ0n) is 24.7. The lowest BCUT2D eigenvalue weighted by molar-refractivity contribution is -0.171. The fourth-order valence-electron chi connectivity index (χ4n) is 7.40. The number of carbonyl (C=O) groups excluding carboxylic acids is 4. The van der Waals surface area contributed by atoms with Gasteiger partial charge < -0.3 is 18.9 Å². The summed E-state index contributed by atoms with van der Waals surface area (Å²) in [5, 5.41) is 0. The molecule has 0 bridgehead atoms. The Labute approximate surface area is 241 Å². The first-order valence-electron chi connectivity index (χ1n) is 14.5. The number of ketones is 1. The molecule has 1 saturated heterocycles. The van der Waals surface area contributed by atoms with Crippen molar-refractivity contribution in [3.8, 4) is 0 Å². The van der Waals surface area contributed by atoms with E-state index in [4.69, 9.17) is 18.9 Å². The van der Waals surface area contributed by atoms with Crippen LogP contribution in [0.1, 0.15) is 66.4 Å². The van der Waals surface area contributed by atoms with Gasteiger partial charge in [-0.05, 0) is 61.2 Å². The number of carbonyl (C=O) groups is 4. The van der Waals surface area contributed by atoms with E-state index in [-0.39, 0.29) is 30.1 Å². The third kappa shape index (κ3) is 5.51. The van der Waals surface area contributed by atoms with Gasteiger partial charge in [-0.25, -0.2) is 4.79 Å². The number of allylic oxidation sites excluding steroid dienone is 1. The number of rotatable bonds is 6. The highest BCUT2D eigenvalue weighted by molar-refractivity contribution is 6.04. The molecule has 8 nitrogen and oxygen atoms in total. The van der Waals surface area contributed by atoms with Crippen LogP contribution in [0.15, 0.2) is 48.1 Å². The third-order valence-electron chi connectivity index (χ3n) is 9.75. The van der Waals surface area contributed by atoms with E-state index in [9.17, 15) is 19.2 Å². The second-order valence-electron chi connectivity index (χ2n) is 12.9. The Balaban J connectivity index is 1.60. The zero-order valence-corrected chi connectivity index (χ0v) is 24.7. The molecular weight excluding hydrogens is 524 g/mol. The minimum Gasteiger partial charge on any atom is -0.465 e. The molecule has 0 aromatic heterocycles. The Morgan fingerprint density at radius 3 is 2.44 bits per heavy atom. The van der Waals surface area contributed by atoms with E-state index in [1.54, 1.807) is 13.0 Å². The summed E-state index contributed by atoms with van der Waals surface area (Å²) in [6.45, 7) is 10.7. The number of Topliss-reactive ketones (excluding diaryl/α,β-unsaturated/α-hetero) is 1. The van der Waals surface area contributed by atoms with Gasteiger partial charge in [0, 0.05) is 32.3 Å². The van der Waals surface area contributed by atoms with E-state index in [2.05, 4.69) is 13.8 Å². The maximum atomic E-state index is 14.6. The highest BCUT2D eigenvalue weighted by Gasteiger charge is 2.73. The van der Waals surface area contributed by atoms with Crippen molar-refractivity contribution < 1.29 is 38.1 Å². The molecule has 1 aromatic carbocycles. The monoisotopic (exact) mass is 564 g/mol. The van der Waals surface area contributed by atoms with E-state index in [0.29, 0.717) is 11.5 Å². The van der Waals surface area contributed by atoms with Gasteiger partial charge in [0.25, 0.3) is 0 Å². The molecule has 1 unspecified atom stereocenters. The number of ether oxygens (including phenoxy) is 4. The van der Waals surface area contributed by atoms with E-state index in [1.165, 1.54) is 19.9 Å². The van der Waals surface area contributed by atoms with Crippen LogP contribution in [0.25, 0.3) is 6.08 Å². The average Bonchev–Trinajstić information content (AvgIpc) is 3.67. The van der Waals surface area contributed by atoms with Crippen LogP contribution < -0.4 is 0 Å². The molecule has 0 radical (unpaired) electrons. The predicted molar refractivity (Wildman–Crippen MR) is 150 cm³/mol. The second-order valence-corrected chi connectivity index (χ2v) is 12.9. The molecule has 0 N–H and O–H groups in total. The van der Waals surface area contributed by atoms with Crippen molar-refractivity contribution in [1.29, 1.82) is 0 Å². The standard InChI is InChI=1S/C33H40O8/c1-19-16-25-24(31(25,4)5)14-15-32(6)30(41-32)27-28(39-21(3)35)23(18-38-20(2)34)17-33(27,29(19)37)40-26(36)13-12-22-10-8-7-9-11-22/h7-13,16,23-25,27-28,30H,14-15,17-18H2,1-6H3/b13-12+,19-16+/t23-,24+,25-,27-,28+,30-,32-,33?/m1/s1. The van der Waals surface area contributed by atoms with Crippen LogP contribution in [0, 0.1) is 29.1 Å². The normalized spacial score (nSPS) is 38.3. The van der Waals surface area contributed by atoms with Gasteiger partial charge in [-0.15, -0.1) is 0 Å². The third-order valence-corrected chi connectivity index (χ3v) is 9.75. The summed E-state index contributed by atoms with van der Waals surface area (Å²) < 4.78 is 23.8. The SMILES string of the molecule is CC(=O)OC[C@H]1CC2(OC(=O)/C=C/c3ccccc3)C(=O)/C(C)=C/[C@@H]3[C@H](CC[C@@]4(C)O[C@@H]4[C@H]2[C@H]1OC(C)=O)C3(C)C. The quantitative estimate of drug-likeness (QED) is 0.209. The average molecular weight is 565 g/mol. The highest BCUT2D eigenvalue weighted by Crippen LogP contribution is 2.65. The number of esters is 3. The number of epoxide rings is 1. The smallest absolute Gasteiger partial charge is 0.331 e. The molecule has 4 aliphatic rings. The van der Waals surface area contributed by atoms with Crippen molar-refractivity contribution in [3.05, 3.63) is 53.6 Å². The van der Waals surface area contributed by atoms with Crippen molar-refractivity contribution in [2.45, 2.75) is 84.2 Å². The molecule has 0 amide bonds. The summed E-state index contributed by atoms with van der Waals surface area (Å²) in [6, 6.07) is 9.31. The van der Waals surface area contributed by atoms with Crippen LogP contribution in [-0.2, 0) is 38.1 Å². The first-order chi connectivity index (χ1) is 19.3. The van der Waals surface area contributed by atoms with Crippen LogP contribution in [0.5, 0.6) is 0 Å². The lowest BCUT2D eigenvalue weighted by Crippen LogP contribution is -2.52. The molecule has 0 spiro atoms. The lowest BCUT2D eigenvalue weighted by Gasteiger charge is -2.35. The van der Waals surface area contributed by atoms with Crippen LogP contribution in [0.3, 0.4) is 0 Å². The fourth-order valence-corrected chi connectivity index (χ4v) is 7.40. The molecule has 1 heterocycles. The molecular formula is C33H40O8. The van der Waals surface area contributed by atoms with Crippen molar-refractivity contribution in [2.75, 3.05) is 6.61 Å². The second kappa shape index (κ2) is 10.5. The Morgan fingerprint density at radius 2 is 1.78 bits per heavy atom. The van der Waals surface area contributed by atoms with E-state index in [0.717, 1.165) is 18.4 Å². The van der Waals surface area contributed by atoms with Gasteiger partial charge in [0.05, 0.1) is 24.2 Å². The molecule has 2 saturated carbocycles. The Bertz CT molecular complexity index is 1300. The van der Waals surface area contributed by atoms with E-state index in [1.807, 2.05) is 43.3 Å². The maximum absolute atomic E-state index is 14.6. The van der Waals surface area contributed by atoms with Gasteiger partial charge in [-0.2, -0.15) is 0 Å². The molecule has 220 valence electrons. The van der Waals surface area contributed by atoms with Gasteiger partial charge >= 0.3 is 17.9 Å².